The summed E-state index contributed by atoms with van der Waals surface area (Å²) in [6.07, 6.45) is 0.402. The van der Waals surface area contributed by atoms with Crippen LogP contribution in [0.4, 0.5) is 16.2 Å². The Morgan fingerprint density at radius 1 is 1.53 bits per heavy atom. The van der Waals surface area contributed by atoms with Crippen molar-refractivity contribution < 1.29 is 14.5 Å². The van der Waals surface area contributed by atoms with Gasteiger partial charge in [0.15, 0.2) is 0 Å². The fraction of sp³-hybridized carbons (Fsp3) is 0.364. The van der Waals surface area contributed by atoms with Crippen molar-refractivity contribution in [2.75, 3.05) is 11.4 Å². The molecule has 0 atom stereocenters. The van der Waals surface area contributed by atoms with Crippen LogP contribution in [0.3, 0.4) is 0 Å². The standard InChI is InChI=1S/C11H12N2O4/c1-2-5-12-10-4-3-9(13(15)16)6-8(10)7-17-11(12)14/h3-4,6H,2,5,7H2,1H3. The van der Waals surface area contributed by atoms with Gasteiger partial charge in [-0.25, -0.2) is 4.79 Å². The number of carbonyl (C=O) groups excluding carboxylic acids is 1. The Morgan fingerprint density at radius 3 is 2.94 bits per heavy atom. The number of carbonyl (C=O) groups is 1. The van der Waals surface area contributed by atoms with Crippen molar-refractivity contribution in [2.24, 2.45) is 0 Å². The van der Waals surface area contributed by atoms with Crippen LogP contribution in [0.5, 0.6) is 0 Å². The van der Waals surface area contributed by atoms with E-state index in [0.29, 0.717) is 17.8 Å². The SMILES string of the molecule is CCCN1C(=O)OCc2cc([N+](=O)[O-])ccc21. The van der Waals surface area contributed by atoms with Crippen molar-refractivity contribution >= 4 is 17.5 Å². The predicted molar refractivity (Wildman–Crippen MR) is 60.9 cm³/mol. The number of hydrogen-bond donors (Lipinski definition) is 0. The molecule has 17 heavy (non-hydrogen) atoms. The van der Waals surface area contributed by atoms with Crippen LogP contribution in [0, 0.1) is 10.1 Å². The van der Waals surface area contributed by atoms with Crippen LogP contribution in [0.2, 0.25) is 0 Å². The average molecular weight is 236 g/mol. The fourth-order valence-corrected chi connectivity index (χ4v) is 1.82. The van der Waals surface area contributed by atoms with Gasteiger partial charge in [-0.1, -0.05) is 6.92 Å². The van der Waals surface area contributed by atoms with Crippen molar-refractivity contribution in [3.05, 3.63) is 33.9 Å². The topological polar surface area (TPSA) is 72.7 Å². The molecule has 6 heteroatoms. The van der Waals surface area contributed by atoms with Crippen LogP contribution in [-0.4, -0.2) is 17.6 Å². The first-order chi connectivity index (χ1) is 8.13. The van der Waals surface area contributed by atoms with Crippen LogP contribution in [0.1, 0.15) is 18.9 Å². The van der Waals surface area contributed by atoms with Crippen LogP contribution >= 0.6 is 0 Å². The maximum atomic E-state index is 11.5. The summed E-state index contributed by atoms with van der Waals surface area (Å²) < 4.78 is 4.97. The third-order valence-corrected chi connectivity index (χ3v) is 2.58. The molecule has 1 aromatic rings. The Bertz CT molecular complexity index is 473. The Balaban J connectivity index is 2.40. The van der Waals surface area contributed by atoms with Gasteiger partial charge in [-0.2, -0.15) is 0 Å². The van der Waals surface area contributed by atoms with Crippen LogP contribution in [0.15, 0.2) is 18.2 Å². The molecule has 1 aromatic carbocycles. The minimum atomic E-state index is -0.457. The third-order valence-electron chi connectivity index (χ3n) is 2.58. The molecule has 0 saturated heterocycles. The summed E-state index contributed by atoms with van der Waals surface area (Å²) in [6.45, 7) is 2.59. The van der Waals surface area contributed by atoms with Gasteiger partial charge in [0.2, 0.25) is 0 Å². The van der Waals surface area contributed by atoms with Gasteiger partial charge >= 0.3 is 6.09 Å². The number of nitro benzene ring substituents is 1. The summed E-state index contributed by atoms with van der Waals surface area (Å²) in [4.78, 5) is 23.2. The molecule has 0 unspecified atom stereocenters. The molecule has 0 fully saturated rings. The number of nitrogens with zero attached hydrogens (tertiary/aromatic N) is 2. The van der Waals surface area contributed by atoms with Crippen LogP contribution in [-0.2, 0) is 11.3 Å². The molecule has 1 amide bonds. The smallest absolute Gasteiger partial charge is 0.414 e. The van der Waals surface area contributed by atoms with E-state index in [4.69, 9.17) is 4.74 Å². The van der Waals surface area contributed by atoms with Gasteiger partial charge in [-0.15, -0.1) is 0 Å². The molecule has 0 bridgehead atoms. The molecule has 2 rings (SSSR count). The molecular weight excluding hydrogens is 224 g/mol. The highest BCUT2D eigenvalue weighted by Gasteiger charge is 2.26. The first-order valence-corrected chi connectivity index (χ1v) is 5.35. The summed E-state index contributed by atoms with van der Waals surface area (Å²) >= 11 is 0. The van der Waals surface area contributed by atoms with E-state index in [1.165, 1.54) is 17.0 Å². The Labute approximate surface area is 97.9 Å². The molecule has 0 radical (unpaired) electrons. The normalized spacial score (nSPS) is 14.2. The van der Waals surface area contributed by atoms with Gasteiger partial charge in [0.05, 0.1) is 10.6 Å². The minimum absolute atomic E-state index is 0.0122. The molecule has 90 valence electrons. The summed E-state index contributed by atoms with van der Waals surface area (Å²) in [7, 11) is 0. The number of anilines is 1. The van der Waals surface area contributed by atoms with Crippen molar-refractivity contribution in [3.63, 3.8) is 0 Å². The monoisotopic (exact) mass is 236 g/mol. The molecular formula is C11H12N2O4. The van der Waals surface area contributed by atoms with E-state index >= 15 is 0 Å². The largest absolute Gasteiger partial charge is 0.444 e. The van der Waals surface area contributed by atoms with E-state index in [9.17, 15) is 14.9 Å². The number of benzene rings is 1. The molecule has 0 N–H and O–H groups in total. The predicted octanol–water partition coefficient (Wildman–Crippen LogP) is 2.46. The fourth-order valence-electron chi connectivity index (χ4n) is 1.82. The van der Waals surface area contributed by atoms with Gasteiger partial charge < -0.3 is 4.74 Å². The number of fused-ring (bicyclic) bond motifs is 1. The maximum Gasteiger partial charge on any atom is 0.414 e. The summed E-state index contributed by atoms with van der Waals surface area (Å²) in [5.74, 6) is 0. The van der Waals surface area contributed by atoms with E-state index < -0.39 is 11.0 Å². The third kappa shape index (κ3) is 2.06. The van der Waals surface area contributed by atoms with Crippen molar-refractivity contribution in [1.82, 2.24) is 0 Å². The van der Waals surface area contributed by atoms with Crippen molar-refractivity contribution in [1.29, 1.82) is 0 Å². The van der Waals surface area contributed by atoms with Crippen molar-refractivity contribution in [3.8, 4) is 0 Å². The molecule has 0 aliphatic carbocycles. The summed E-state index contributed by atoms with van der Waals surface area (Å²) in [5, 5.41) is 10.6. The second-order valence-corrected chi connectivity index (χ2v) is 3.78. The molecule has 1 aliphatic heterocycles. The number of hydrogen-bond acceptors (Lipinski definition) is 4. The lowest BCUT2D eigenvalue weighted by molar-refractivity contribution is -0.384. The minimum Gasteiger partial charge on any atom is -0.444 e. The summed E-state index contributed by atoms with van der Waals surface area (Å²) in [5.41, 5.74) is 1.39. The molecule has 0 saturated carbocycles. The first-order valence-electron chi connectivity index (χ1n) is 5.35. The first kappa shape index (κ1) is 11.4. The number of rotatable bonds is 3. The second kappa shape index (κ2) is 4.40. The molecule has 6 nitrogen and oxygen atoms in total. The number of amides is 1. The Morgan fingerprint density at radius 2 is 2.29 bits per heavy atom. The number of ether oxygens (including phenoxy) is 1. The number of cyclic esters (lactones) is 1. The second-order valence-electron chi connectivity index (χ2n) is 3.78. The number of nitro groups is 1. The van der Waals surface area contributed by atoms with Crippen LogP contribution in [0.25, 0.3) is 0 Å². The molecule has 0 spiro atoms. The van der Waals surface area contributed by atoms with Crippen molar-refractivity contribution in [2.45, 2.75) is 20.0 Å². The van der Waals surface area contributed by atoms with E-state index in [0.717, 1.165) is 6.42 Å². The quantitative estimate of drug-likeness (QED) is 0.596. The summed E-state index contributed by atoms with van der Waals surface area (Å²) in [6, 6.07) is 4.45. The van der Waals surface area contributed by atoms with Gasteiger partial charge in [-0.3, -0.25) is 15.0 Å². The lowest BCUT2D eigenvalue weighted by Gasteiger charge is -2.28. The molecule has 1 heterocycles. The highest BCUT2D eigenvalue weighted by atomic mass is 16.6. The van der Waals surface area contributed by atoms with Gasteiger partial charge in [0.25, 0.3) is 5.69 Å². The zero-order chi connectivity index (χ0) is 12.4. The lowest BCUT2D eigenvalue weighted by Crippen LogP contribution is -2.36. The highest BCUT2D eigenvalue weighted by Crippen LogP contribution is 2.30. The van der Waals surface area contributed by atoms with E-state index in [1.807, 2.05) is 6.92 Å². The van der Waals surface area contributed by atoms with Gasteiger partial charge in [0.1, 0.15) is 6.61 Å². The number of non-ortho nitro benzene ring substituents is 1. The van der Waals surface area contributed by atoms with Crippen LogP contribution < -0.4 is 4.90 Å². The molecule has 1 aliphatic rings. The van der Waals surface area contributed by atoms with E-state index in [1.54, 1.807) is 6.07 Å². The maximum absolute atomic E-state index is 11.5. The average Bonchev–Trinajstić information content (AvgIpc) is 2.32. The lowest BCUT2D eigenvalue weighted by atomic mass is 10.1. The Kier molecular flexibility index (Phi) is 2.95. The van der Waals surface area contributed by atoms with Gasteiger partial charge in [0, 0.05) is 24.2 Å². The Hall–Kier alpha value is -2.11. The highest BCUT2D eigenvalue weighted by molar-refractivity contribution is 5.90. The zero-order valence-corrected chi connectivity index (χ0v) is 9.38. The van der Waals surface area contributed by atoms with Gasteiger partial charge in [-0.05, 0) is 12.5 Å². The zero-order valence-electron chi connectivity index (χ0n) is 9.38. The van der Waals surface area contributed by atoms with E-state index in [2.05, 4.69) is 0 Å². The van der Waals surface area contributed by atoms with E-state index in [-0.39, 0.29) is 12.3 Å². The molecule has 0 aromatic heterocycles.